The van der Waals surface area contributed by atoms with Crippen LogP contribution >= 0.6 is 28.1 Å². The Morgan fingerprint density at radius 2 is 2.12 bits per heavy atom. The molecule has 4 rings (SSSR count). The molecule has 1 heterocycles. The van der Waals surface area contributed by atoms with Gasteiger partial charge in [0, 0.05) is 22.6 Å². The predicted octanol–water partition coefficient (Wildman–Crippen LogP) is 4.52. The van der Waals surface area contributed by atoms with E-state index in [9.17, 15) is 0 Å². The molecule has 2 aliphatic carbocycles. The molecule has 5 heteroatoms. The van der Waals surface area contributed by atoms with Gasteiger partial charge >= 0.3 is 0 Å². The fraction of sp³-hybridized carbons (Fsp3) is 0.579. The number of nitrogens with zero attached hydrogens (tertiary/aromatic N) is 1. The van der Waals surface area contributed by atoms with Gasteiger partial charge < -0.3 is 10.1 Å². The van der Waals surface area contributed by atoms with Crippen molar-refractivity contribution in [3.8, 4) is 0 Å². The van der Waals surface area contributed by atoms with Gasteiger partial charge in [-0.2, -0.15) is 0 Å². The fourth-order valence-electron chi connectivity index (χ4n) is 4.87. The molecule has 0 bridgehead atoms. The molecule has 1 saturated carbocycles. The van der Waals surface area contributed by atoms with Crippen LogP contribution in [0.3, 0.4) is 0 Å². The number of benzene rings is 1. The Bertz CT molecular complexity index is 724. The number of methoxy groups -OCH3 is 1. The van der Waals surface area contributed by atoms with Crippen LogP contribution in [0, 0.1) is 5.41 Å². The molecule has 2 spiro atoms. The maximum Gasteiger partial charge on any atom is 0.162 e. The molecule has 1 N–H and O–H groups in total. The van der Waals surface area contributed by atoms with Gasteiger partial charge in [-0.1, -0.05) is 41.1 Å². The van der Waals surface area contributed by atoms with Crippen molar-refractivity contribution in [2.75, 3.05) is 7.11 Å². The Balaban J connectivity index is 1.84. The monoisotopic (exact) mass is 406 g/mol. The summed E-state index contributed by atoms with van der Waals surface area (Å²) in [5.74, 6) is 0. The van der Waals surface area contributed by atoms with E-state index in [1.807, 2.05) is 7.11 Å². The number of hydrogen-bond donors (Lipinski definition) is 1. The third-order valence-corrected chi connectivity index (χ3v) is 7.01. The topological polar surface area (TPSA) is 33.6 Å². The van der Waals surface area contributed by atoms with Crippen LogP contribution in [0.4, 0.5) is 0 Å². The van der Waals surface area contributed by atoms with Crippen molar-refractivity contribution < 1.29 is 4.74 Å². The highest BCUT2D eigenvalue weighted by atomic mass is 79.9. The second-order valence-electron chi connectivity index (χ2n) is 7.27. The zero-order valence-electron chi connectivity index (χ0n) is 14.2. The predicted molar refractivity (Wildman–Crippen MR) is 105 cm³/mol. The van der Waals surface area contributed by atoms with Crippen LogP contribution < -0.4 is 5.32 Å². The number of ether oxygens (including phenoxy) is 1. The van der Waals surface area contributed by atoms with Crippen molar-refractivity contribution in [2.24, 2.45) is 10.4 Å². The lowest BCUT2D eigenvalue weighted by Crippen LogP contribution is -2.52. The highest BCUT2D eigenvalue weighted by Crippen LogP contribution is 2.60. The number of thiocarbonyl (C=S) groups is 1. The SMILES string of the molecule is CCC1=NC2(NC1=S)c1cc(Br)ccc1C[C@]21CC[C@@H](OC)CC1. The Kier molecular flexibility index (Phi) is 4.09. The molecule has 1 aliphatic heterocycles. The zero-order chi connectivity index (χ0) is 16.9. The number of fused-ring (bicyclic) bond motifs is 3. The molecule has 1 aromatic rings. The standard InChI is InChI=1S/C19H23BrN2OS/c1-3-16-17(24)22-19(21-16)15-10-13(20)5-4-12(15)11-18(19)8-6-14(23-2)7-9-18/h4-5,10,14H,3,6-9,11H2,1-2H3,(H,22,24)/t14-,18-,19?. The number of rotatable bonds is 2. The molecule has 1 unspecified atom stereocenters. The number of nitrogens with one attached hydrogen (secondary N) is 1. The van der Waals surface area contributed by atoms with Crippen molar-refractivity contribution >= 4 is 38.8 Å². The van der Waals surface area contributed by atoms with E-state index in [2.05, 4.69) is 46.4 Å². The smallest absolute Gasteiger partial charge is 0.162 e. The van der Waals surface area contributed by atoms with Crippen LogP contribution in [-0.2, 0) is 16.8 Å². The second kappa shape index (κ2) is 5.89. The summed E-state index contributed by atoms with van der Waals surface area (Å²) in [6.45, 7) is 2.14. The molecule has 0 aromatic heterocycles. The first-order chi connectivity index (χ1) is 11.5. The normalized spacial score (nSPS) is 34.5. The Hall–Kier alpha value is -0.780. The first-order valence-corrected chi connectivity index (χ1v) is 9.96. The quantitative estimate of drug-likeness (QED) is 0.733. The Morgan fingerprint density at radius 3 is 2.75 bits per heavy atom. The molecule has 1 aromatic carbocycles. The van der Waals surface area contributed by atoms with Crippen molar-refractivity contribution in [1.29, 1.82) is 0 Å². The largest absolute Gasteiger partial charge is 0.381 e. The summed E-state index contributed by atoms with van der Waals surface area (Å²) in [6, 6.07) is 6.64. The van der Waals surface area contributed by atoms with E-state index in [1.165, 1.54) is 11.1 Å². The van der Waals surface area contributed by atoms with Gasteiger partial charge in [-0.25, -0.2) is 0 Å². The van der Waals surface area contributed by atoms with Gasteiger partial charge in [-0.05, 0) is 56.2 Å². The van der Waals surface area contributed by atoms with E-state index in [0.29, 0.717) is 6.10 Å². The van der Waals surface area contributed by atoms with Gasteiger partial charge in [-0.15, -0.1) is 0 Å². The van der Waals surface area contributed by atoms with Gasteiger partial charge in [0.05, 0.1) is 11.8 Å². The molecular formula is C19H23BrN2OS. The third-order valence-electron chi connectivity index (χ3n) is 6.18. The lowest BCUT2D eigenvalue weighted by Gasteiger charge is -2.46. The molecule has 0 radical (unpaired) electrons. The summed E-state index contributed by atoms with van der Waals surface area (Å²) in [7, 11) is 1.83. The van der Waals surface area contributed by atoms with E-state index < -0.39 is 0 Å². The Morgan fingerprint density at radius 1 is 1.38 bits per heavy atom. The number of halogens is 1. The highest BCUT2D eigenvalue weighted by molar-refractivity contribution is 9.10. The summed E-state index contributed by atoms with van der Waals surface area (Å²) in [5.41, 5.74) is 3.48. The first kappa shape index (κ1) is 16.7. The Labute approximate surface area is 157 Å². The molecule has 1 atom stereocenters. The van der Waals surface area contributed by atoms with Crippen molar-refractivity contribution in [3.05, 3.63) is 33.8 Å². The van der Waals surface area contributed by atoms with E-state index >= 15 is 0 Å². The van der Waals surface area contributed by atoms with Crippen LogP contribution in [0.2, 0.25) is 0 Å². The molecular weight excluding hydrogens is 384 g/mol. The maximum atomic E-state index is 5.63. The van der Waals surface area contributed by atoms with Gasteiger partial charge in [0.15, 0.2) is 5.66 Å². The zero-order valence-corrected chi connectivity index (χ0v) is 16.6. The fourth-order valence-corrected chi connectivity index (χ4v) is 5.57. The molecule has 3 nitrogen and oxygen atoms in total. The summed E-state index contributed by atoms with van der Waals surface area (Å²) in [5, 5.41) is 3.67. The van der Waals surface area contributed by atoms with E-state index in [4.69, 9.17) is 21.9 Å². The third kappa shape index (κ3) is 2.24. The van der Waals surface area contributed by atoms with Gasteiger partial charge in [0.2, 0.25) is 0 Å². The van der Waals surface area contributed by atoms with E-state index in [1.54, 1.807) is 0 Å². The van der Waals surface area contributed by atoms with Crippen LogP contribution in [0.15, 0.2) is 27.7 Å². The molecule has 1 fully saturated rings. The van der Waals surface area contributed by atoms with E-state index in [0.717, 1.165) is 53.7 Å². The van der Waals surface area contributed by atoms with Crippen molar-refractivity contribution in [1.82, 2.24) is 5.32 Å². The summed E-state index contributed by atoms with van der Waals surface area (Å²) < 4.78 is 6.72. The molecule has 24 heavy (non-hydrogen) atoms. The molecule has 0 saturated heterocycles. The second-order valence-corrected chi connectivity index (χ2v) is 8.59. The minimum atomic E-state index is -0.382. The van der Waals surface area contributed by atoms with Gasteiger partial charge in [-0.3, -0.25) is 4.99 Å². The van der Waals surface area contributed by atoms with Gasteiger partial charge in [0.25, 0.3) is 0 Å². The first-order valence-electron chi connectivity index (χ1n) is 8.76. The van der Waals surface area contributed by atoms with Gasteiger partial charge in [0.1, 0.15) is 4.99 Å². The van der Waals surface area contributed by atoms with Crippen LogP contribution in [-0.4, -0.2) is 23.9 Å². The van der Waals surface area contributed by atoms with Crippen LogP contribution in [0.5, 0.6) is 0 Å². The summed E-state index contributed by atoms with van der Waals surface area (Å²) in [6.07, 6.45) is 6.76. The molecule has 3 aliphatic rings. The molecule has 128 valence electrons. The lowest BCUT2D eigenvalue weighted by molar-refractivity contribution is -0.00615. The van der Waals surface area contributed by atoms with E-state index in [-0.39, 0.29) is 11.1 Å². The van der Waals surface area contributed by atoms with Crippen LogP contribution in [0.25, 0.3) is 0 Å². The number of aliphatic imine (C=N–C) groups is 1. The highest BCUT2D eigenvalue weighted by Gasteiger charge is 2.61. The average Bonchev–Trinajstić information content (AvgIpc) is 3.06. The molecule has 0 amide bonds. The minimum absolute atomic E-state index is 0.103. The van der Waals surface area contributed by atoms with Crippen LogP contribution in [0.1, 0.15) is 50.2 Å². The lowest BCUT2D eigenvalue weighted by atomic mass is 9.65. The van der Waals surface area contributed by atoms with Crippen molar-refractivity contribution in [2.45, 2.75) is 57.2 Å². The average molecular weight is 407 g/mol. The minimum Gasteiger partial charge on any atom is -0.381 e. The number of hydrogen-bond acceptors (Lipinski definition) is 3. The summed E-state index contributed by atoms with van der Waals surface area (Å²) in [4.78, 5) is 6.06. The summed E-state index contributed by atoms with van der Waals surface area (Å²) >= 11 is 9.28. The maximum absolute atomic E-state index is 5.63. The van der Waals surface area contributed by atoms with Crippen molar-refractivity contribution in [3.63, 3.8) is 0 Å².